The first kappa shape index (κ1) is 19.5. The van der Waals surface area contributed by atoms with E-state index in [1.165, 1.54) is 30.6 Å². The second-order valence-electron chi connectivity index (χ2n) is 6.68. The summed E-state index contributed by atoms with van der Waals surface area (Å²) >= 11 is 1.36. The Kier molecular flexibility index (Phi) is 5.90. The molecule has 5 nitrogen and oxygen atoms in total. The Balaban J connectivity index is 2.32. The first-order valence-corrected chi connectivity index (χ1v) is 10.3. The molecule has 1 amide bonds. The molecule has 2 rings (SSSR count). The van der Waals surface area contributed by atoms with Crippen LogP contribution in [0.15, 0.2) is 46.7 Å². The summed E-state index contributed by atoms with van der Waals surface area (Å²) in [6.07, 6.45) is 0. The summed E-state index contributed by atoms with van der Waals surface area (Å²) in [5.41, 5.74) is -0.579. The fourth-order valence-corrected chi connectivity index (χ4v) is 5.00. The number of benzene rings is 1. The summed E-state index contributed by atoms with van der Waals surface area (Å²) < 4.78 is 31.3. The van der Waals surface area contributed by atoms with Gasteiger partial charge in [0.1, 0.15) is 11.0 Å². The molecule has 25 heavy (non-hydrogen) atoms. The van der Waals surface area contributed by atoms with Crippen LogP contribution >= 0.6 is 11.3 Å². The number of thiophene rings is 1. The van der Waals surface area contributed by atoms with Gasteiger partial charge in [0.25, 0.3) is 0 Å². The highest BCUT2D eigenvalue weighted by atomic mass is 32.2. The van der Waals surface area contributed by atoms with Crippen LogP contribution in [0.2, 0.25) is 0 Å². The van der Waals surface area contributed by atoms with Crippen LogP contribution in [0.25, 0.3) is 0 Å². The summed E-state index contributed by atoms with van der Waals surface area (Å²) in [5, 5.41) is 3.78. The number of amides is 1. The van der Waals surface area contributed by atoms with Gasteiger partial charge in [0, 0.05) is 16.8 Å². The first-order valence-electron chi connectivity index (χ1n) is 7.86. The van der Waals surface area contributed by atoms with Crippen molar-refractivity contribution in [2.45, 2.75) is 30.9 Å². The van der Waals surface area contributed by atoms with Crippen LogP contribution in [-0.4, -0.2) is 28.0 Å². The van der Waals surface area contributed by atoms with E-state index < -0.39 is 20.5 Å². The van der Waals surface area contributed by atoms with E-state index >= 15 is 0 Å². The van der Waals surface area contributed by atoms with Crippen LogP contribution in [0.3, 0.4) is 0 Å². The SMILES string of the molecule is COc1ccc(S(=O)(=O)[C@H](CNC(=O)C(C)(C)C)c2cccs2)cc1. The normalized spacial score (nSPS) is 13.3. The molecule has 1 atom stereocenters. The van der Waals surface area contributed by atoms with Crippen LogP contribution in [0.4, 0.5) is 0 Å². The van der Waals surface area contributed by atoms with Gasteiger partial charge in [-0.2, -0.15) is 0 Å². The van der Waals surface area contributed by atoms with E-state index in [9.17, 15) is 13.2 Å². The molecule has 1 heterocycles. The molecule has 0 aliphatic heterocycles. The number of methoxy groups -OCH3 is 1. The molecule has 2 aromatic rings. The maximum Gasteiger partial charge on any atom is 0.225 e. The molecule has 0 saturated carbocycles. The second kappa shape index (κ2) is 7.58. The quantitative estimate of drug-likeness (QED) is 0.832. The maximum absolute atomic E-state index is 13.1. The zero-order valence-corrected chi connectivity index (χ0v) is 16.4. The van der Waals surface area contributed by atoms with Crippen molar-refractivity contribution in [3.05, 3.63) is 46.7 Å². The molecule has 1 N–H and O–H groups in total. The maximum atomic E-state index is 13.1. The summed E-state index contributed by atoms with van der Waals surface area (Å²) in [6.45, 7) is 5.41. The van der Waals surface area contributed by atoms with Gasteiger partial charge in [-0.1, -0.05) is 26.8 Å². The number of hydrogen-bond donors (Lipinski definition) is 1. The van der Waals surface area contributed by atoms with E-state index in [0.717, 1.165) is 0 Å². The molecule has 7 heteroatoms. The Bertz CT molecular complexity index is 804. The van der Waals surface area contributed by atoms with Crippen LogP contribution in [0, 0.1) is 5.41 Å². The van der Waals surface area contributed by atoms with Gasteiger partial charge in [-0.25, -0.2) is 8.42 Å². The zero-order chi connectivity index (χ0) is 18.7. The zero-order valence-electron chi connectivity index (χ0n) is 14.8. The molecule has 0 spiro atoms. The number of carbonyl (C=O) groups is 1. The van der Waals surface area contributed by atoms with E-state index in [2.05, 4.69) is 5.32 Å². The molecule has 0 fully saturated rings. The van der Waals surface area contributed by atoms with Crippen molar-refractivity contribution in [3.8, 4) is 5.75 Å². The lowest BCUT2D eigenvalue weighted by atomic mass is 9.96. The molecule has 0 aliphatic rings. The van der Waals surface area contributed by atoms with Crippen LogP contribution in [0.5, 0.6) is 5.75 Å². The lowest BCUT2D eigenvalue weighted by molar-refractivity contribution is -0.128. The van der Waals surface area contributed by atoms with Crippen molar-refractivity contribution >= 4 is 27.1 Å². The predicted octanol–water partition coefficient (Wildman–Crippen LogP) is 3.43. The predicted molar refractivity (Wildman–Crippen MR) is 99.7 cm³/mol. The number of ether oxygens (including phenoxy) is 1. The van der Waals surface area contributed by atoms with Gasteiger partial charge in [0.05, 0.1) is 12.0 Å². The summed E-state index contributed by atoms with van der Waals surface area (Å²) in [4.78, 5) is 13.1. The lowest BCUT2D eigenvalue weighted by Crippen LogP contribution is -2.38. The van der Waals surface area contributed by atoms with E-state index in [4.69, 9.17) is 4.74 Å². The van der Waals surface area contributed by atoms with Gasteiger partial charge in [-0.15, -0.1) is 11.3 Å². The van der Waals surface area contributed by atoms with Gasteiger partial charge >= 0.3 is 0 Å². The number of hydrogen-bond acceptors (Lipinski definition) is 5. The molecule has 1 aromatic heterocycles. The molecular weight excluding hydrogens is 358 g/mol. The highest BCUT2D eigenvalue weighted by molar-refractivity contribution is 7.91. The molecule has 0 unspecified atom stereocenters. The molecule has 1 aromatic carbocycles. The molecule has 0 aliphatic carbocycles. The minimum Gasteiger partial charge on any atom is -0.497 e. The van der Waals surface area contributed by atoms with Crippen LogP contribution in [0.1, 0.15) is 30.9 Å². The Hall–Kier alpha value is -1.86. The average Bonchev–Trinajstić information content (AvgIpc) is 3.08. The van der Waals surface area contributed by atoms with Crippen LogP contribution in [-0.2, 0) is 14.6 Å². The fraction of sp³-hybridized carbons (Fsp3) is 0.389. The van der Waals surface area contributed by atoms with Crippen molar-refractivity contribution in [1.82, 2.24) is 5.32 Å². The van der Waals surface area contributed by atoms with Gasteiger partial charge in [0.2, 0.25) is 5.91 Å². The summed E-state index contributed by atoms with van der Waals surface area (Å²) in [6, 6.07) is 9.88. The minimum atomic E-state index is -3.65. The third-order valence-corrected chi connectivity index (χ3v) is 6.99. The largest absolute Gasteiger partial charge is 0.497 e. The lowest BCUT2D eigenvalue weighted by Gasteiger charge is -2.22. The standard InChI is InChI=1S/C18H23NO4S2/c1-18(2,3)17(20)19-12-16(15-6-5-11-24-15)25(21,22)14-9-7-13(23-4)8-10-14/h5-11,16H,12H2,1-4H3,(H,19,20)/t16-/m1/s1. The first-order chi connectivity index (χ1) is 11.7. The molecular formula is C18H23NO4S2. The van der Waals surface area contributed by atoms with Crippen molar-refractivity contribution in [2.75, 3.05) is 13.7 Å². The number of rotatable bonds is 6. The van der Waals surface area contributed by atoms with Crippen molar-refractivity contribution in [1.29, 1.82) is 0 Å². The summed E-state index contributed by atoms with van der Waals surface area (Å²) in [5.74, 6) is 0.409. The van der Waals surface area contributed by atoms with Gasteiger partial charge in [-0.05, 0) is 35.7 Å². The second-order valence-corrected chi connectivity index (χ2v) is 9.79. The molecule has 0 bridgehead atoms. The van der Waals surface area contributed by atoms with Gasteiger partial charge < -0.3 is 10.1 Å². The minimum absolute atomic E-state index is 0.0327. The smallest absolute Gasteiger partial charge is 0.225 e. The molecule has 0 radical (unpaired) electrons. The number of carbonyl (C=O) groups excluding carboxylic acids is 1. The van der Waals surface area contributed by atoms with Crippen molar-refractivity contribution < 1.29 is 17.9 Å². The van der Waals surface area contributed by atoms with Gasteiger partial charge in [0.15, 0.2) is 9.84 Å². The fourth-order valence-electron chi connectivity index (χ4n) is 2.22. The Labute approximate surface area is 152 Å². The topological polar surface area (TPSA) is 72.5 Å². The number of sulfone groups is 1. The van der Waals surface area contributed by atoms with E-state index in [-0.39, 0.29) is 17.3 Å². The van der Waals surface area contributed by atoms with E-state index in [1.807, 2.05) is 11.4 Å². The number of nitrogens with one attached hydrogen (secondary N) is 1. The Morgan fingerprint density at radius 1 is 1.20 bits per heavy atom. The Morgan fingerprint density at radius 3 is 2.32 bits per heavy atom. The highest BCUT2D eigenvalue weighted by Gasteiger charge is 2.32. The average molecular weight is 382 g/mol. The Morgan fingerprint density at radius 2 is 1.84 bits per heavy atom. The third-order valence-electron chi connectivity index (χ3n) is 3.75. The van der Waals surface area contributed by atoms with Crippen molar-refractivity contribution in [2.24, 2.45) is 5.41 Å². The monoisotopic (exact) mass is 381 g/mol. The van der Waals surface area contributed by atoms with Crippen LogP contribution < -0.4 is 10.1 Å². The van der Waals surface area contributed by atoms with Gasteiger partial charge in [-0.3, -0.25) is 4.79 Å². The highest BCUT2D eigenvalue weighted by Crippen LogP contribution is 2.32. The van der Waals surface area contributed by atoms with E-state index in [1.54, 1.807) is 39.0 Å². The molecule has 0 saturated heterocycles. The van der Waals surface area contributed by atoms with Crippen molar-refractivity contribution in [3.63, 3.8) is 0 Å². The molecule has 136 valence electrons. The van der Waals surface area contributed by atoms with E-state index in [0.29, 0.717) is 10.6 Å². The third kappa shape index (κ3) is 4.61. The summed E-state index contributed by atoms with van der Waals surface area (Å²) in [7, 11) is -2.12.